The number of benzene rings is 1. The number of ether oxygens (including phenoxy) is 2. The fourth-order valence-corrected chi connectivity index (χ4v) is 2.69. The molecular weight excluding hydrogens is 284 g/mol. The lowest BCUT2D eigenvalue weighted by Gasteiger charge is -2.30. The molecule has 2 N–H and O–H groups in total. The molecule has 6 nitrogen and oxygen atoms in total. The molecule has 0 spiro atoms. The monoisotopic (exact) mass is 306 g/mol. The zero-order chi connectivity index (χ0) is 16.1. The van der Waals surface area contributed by atoms with Gasteiger partial charge in [-0.25, -0.2) is 0 Å². The summed E-state index contributed by atoms with van der Waals surface area (Å²) >= 11 is 0. The average molecular weight is 306 g/mol. The number of carbonyl (C=O) groups is 2. The van der Waals surface area contributed by atoms with Gasteiger partial charge in [-0.3, -0.25) is 9.59 Å². The number of rotatable bonds is 5. The molecule has 0 bridgehead atoms. The summed E-state index contributed by atoms with van der Waals surface area (Å²) in [5.41, 5.74) is 6.18. The van der Waals surface area contributed by atoms with E-state index in [1.807, 2.05) is 12.1 Å². The Labute approximate surface area is 130 Å². The average Bonchev–Trinajstić information content (AvgIpc) is 2.54. The van der Waals surface area contributed by atoms with Crippen LogP contribution >= 0.6 is 0 Å². The molecule has 1 aromatic carbocycles. The van der Waals surface area contributed by atoms with E-state index in [0.717, 1.165) is 5.56 Å². The van der Waals surface area contributed by atoms with E-state index < -0.39 is 0 Å². The molecule has 2 amide bonds. The topological polar surface area (TPSA) is 81.9 Å². The smallest absolute Gasteiger partial charge is 0.226 e. The van der Waals surface area contributed by atoms with Gasteiger partial charge in [0.15, 0.2) is 11.5 Å². The summed E-state index contributed by atoms with van der Waals surface area (Å²) in [7, 11) is 3.14. The second kappa shape index (κ2) is 7.15. The number of hydrogen-bond donors (Lipinski definition) is 1. The van der Waals surface area contributed by atoms with Crippen molar-refractivity contribution >= 4 is 11.8 Å². The van der Waals surface area contributed by atoms with Crippen molar-refractivity contribution in [3.05, 3.63) is 23.8 Å². The van der Waals surface area contributed by atoms with Gasteiger partial charge in [-0.15, -0.1) is 0 Å². The van der Waals surface area contributed by atoms with Crippen molar-refractivity contribution in [1.29, 1.82) is 0 Å². The highest BCUT2D eigenvalue weighted by Gasteiger charge is 2.25. The molecule has 0 radical (unpaired) electrons. The minimum atomic E-state index is -0.271. The first kappa shape index (κ1) is 16.1. The van der Waals surface area contributed by atoms with Crippen LogP contribution in [0.5, 0.6) is 11.5 Å². The van der Waals surface area contributed by atoms with Crippen LogP contribution in [-0.4, -0.2) is 44.0 Å². The predicted octanol–water partition coefficient (Wildman–Crippen LogP) is 0.970. The molecule has 0 aliphatic carbocycles. The van der Waals surface area contributed by atoms with E-state index in [1.54, 1.807) is 25.2 Å². The third kappa shape index (κ3) is 3.69. The summed E-state index contributed by atoms with van der Waals surface area (Å²) in [5.74, 6) is 0.925. The highest BCUT2D eigenvalue weighted by Crippen LogP contribution is 2.28. The van der Waals surface area contributed by atoms with Crippen molar-refractivity contribution in [1.82, 2.24) is 4.90 Å². The highest BCUT2D eigenvalue weighted by molar-refractivity contribution is 5.80. The molecule has 0 atom stereocenters. The molecule has 1 heterocycles. The number of primary amides is 1. The molecular formula is C16H22N2O4. The van der Waals surface area contributed by atoms with Crippen LogP contribution < -0.4 is 15.2 Å². The van der Waals surface area contributed by atoms with Gasteiger partial charge in [-0.1, -0.05) is 6.07 Å². The lowest BCUT2D eigenvalue weighted by molar-refractivity contribution is -0.134. The van der Waals surface area contributed by atoms with E-state index in [0.29, 0.717) is 43.9 Å². The van der Waals surface area contributed by atoms with Crippen LogP contribution in [-0.2, 0) is 16.0 Å². The van der Waals surface area contributed by atoms with Gasteiger partial charge in [0.25, 0.3) is 0 Å². The molecule has 1 aliphatic rings. The van der Waals surface area contributed by atoms with Gasteiger partial charge in [0, 0.05) is 19.0 Å². The minimum absolute atomic E-state index is 0.0511. The Morgan fingerprint density at radius 1 is 1.18 bits per heavy atom. The van der Waals surface area contributed by atoms with E-state index in [2.05, 4.69) is 0 Å². The molecule has 1 saturated heterocycles. The number of likely N-dealkylation sites (tertiary alicyclic amines) is 1. The number of amides is 2. The van der Waals surface area contributed by atoms with Gasteiger partial charge in [0.05, 0.1) is 20.6 Å². The van der Waals surface area contributed by atoms with E-state index in [1.165, 1.54) is 0 Å². The van der Waals surface area contributed by atoms with Crippen molar-refractivity contribution in [3.63, 3.8) is 0 Å². The lowest BCUT2D eigenvalue weighted by atomic mass is 9.96. The Balaban J connectivity index is 1.96. The van der Waals surface area contributed by atoms with Crippen molar-refractivity contribution in [3.8, 4) is 11.5 Å². The molecule has 120 valence electrons. The van der Waals surface area contributed by atoms with Gasteiger partial charge in [-0.2, -0.15) is 0 Å². The molecule has 1 aliphatic heterocycles. The Morgan fingerprint density at radius 2 is 1.82 bits per heavy atom. The van der Waals surface area contributed by atoms with Gasteiger partial charge >= 0.3 is 0 Å². The number of piperidine rings is 1. The quantitative estimate of drug-likeness (QED) is 0.879. The molecule has 0 saturated carbocycles. The summed E-state index contributed by atoms with van der Waals surface area (Å²) in [5, 5.41) is 0. The Hall–Kier alpha value is -2.24. The Kier molecular flexibility index (Phi) is 5.25. The van der Waals surface area contributed by atoms with Crippen molar-refractivity contribution < 1.29 is 19.1 Å². The van der Waals surface area contributed by atoms with Crippen molar-refractivity contribution in [2.75, 3.05) is 27.3 Å². The number of hydrogen-bond acceptors (Lipinski definition) is 4. The van der Waals surface area contributed by atoms with Gasteiger partial charge in [0.2, 0.25) is 11.8 Å². The summed E-state index contributed by atoms with van der Waals surface area (Å²) < 4.78 is 10.4. The van der Waals surface area contributed by atoms with Crippen LogP contribution in [0.2, 0.25) is 0 Å². The summed E-state index contributed by atoms with van der Waals surface area (Å²) in [6.45, 7) is 1.17. The Bertz CT molecular complexity index is 551. The third-order valence-electron chi connectivity index (χ3n) is 4.05. The van der Waals surface area contributed by atoms with Crippen LogP contribution in [0.25, 0.3) is 0 Å². The SMILES string of the molecule is COc1ccc(CC(=O)N2CCC(C(N)=O)CC2)cc1OC. The molecule has 22 heavy (non-hydrogen) atoms. The minimum Gasteiger partial charge on any atom is -0.493 e. The number of carbonyl (C=O) groups excluding carboxylic acids is 2. The van der Waals surface area contributed by atoms with Crippen LogP contribution in [0.1, 0.15) is 18.4 Å². The maximum Gasteiger partial charge on any atom is 0.226 e. The molecule has 0 aromatic heterocycles. The summed E-state index contributed by atoms with van der Waals surface area (Å²) in [4.78, 5) is 25.3. The standard InChI is InChI=1S/C16H22N2O4/c1-21-13-4-3-11(9-14(13)22-2)10-15(19)18-7-5-12(6-8-18)16(17)20/h3-4,9,12H,5-8,10H2,1-2H3,(H2,17,20). The highest BCUT2D eigenvalue weighted by atomic mass is 16.5. The van der Waals surface area contributed by atoms with Crippen LogP contribution in [0.15, 0.2) is 18.2 Å². The first-order valence-corrected chi connectivity index (χ1v) is 7.33. The first-order valence-electron chi connectivity index (χ1n) is 7.33. The van der Waals surface area contributed by atoms with E-state index in [9.17, 15) is 9.59 Å². The predicted molar refractivity (Wildman–Crippen MR) is 81.7 cm³/mol. The largest absolute Gasteiger partial charge is 0.493 e. The fourth-order valence-electron chi connectivity index (χ4n) is 2.69. The van der Waals surface area contributed by atoms with Crippen molar-refractivity contribution in [2.45, 2.75) is 19.3 Å². The number of methoxy groups -OCH3 is 2. The fraction of sp³-hybridized carbons (Fsp3) is 0.500. The van der Waals surface area contributed by atoms with Crippen LogP contribution in [0.4, 0.5) is 0 Å². The van der Waals surface area contributed by atoms with E-state index in [-0.39, 0.29) is 17.7 Å². The maximum absolute atomic E-state index is 12.3. The second-order valence-electron chi connectivity index (χ2n) is 5.42. The van der Waals surface area contributed by atoms with Gasteiger partial charge in [-0.05, 0) is 30.5 Å². The zero-order valence-electron chi connectivity index (χ0n) is 13.0. The lowest BCUT2D eigenvalue weighted by Crippen LogP contribution is -2.42. The summed E-state index contributed by atoms with van der Waals surface area (Å²) in [6.07, 6.45) is 1.60. The number of nitrogens with two attached hydrogens (primary N) is 1. The normalized spacial score (nSPS) is 15.5. The zero-order valence-corrected chi connectivity index (χ0v) is 13.0. The third-order valence-corrected chi connectivity index (χ3v) is 4.05. The van der Waals surface area contributed by atoms with Crippen LogP contribution in [0.3, 0.4) is 0 Å². The van der Waals surface area contributed by atoms with Crippen molar-refractivity contribution in [2.24, 2.45) is 11.7 Å². The first-order chi connectivity index (χ1) is 10.5. The van der Waals surface area contributed by atoms with E-state index >= 15 is 0 Å². The summed E-state index contributed by atoms with van der Waals surface area (Å²) in [6, 6.07) is 5.46. The molecule has 0 unspecified atom stereocenters. The molecule has 1 fully saturated rings. The Morgan fingerprint density at radius 3 is 2.36 bits per heavy atom. The second-order valence-corrected chi connectivity index (χ2v) is 5.42. The van der Waals surface area contributed by atoms with Gasteiger partial charge in [0.1, 0.15) is 0 Å². The van der Waals surface area contributed by atoms with E-state index in [4.69, 9.17) is 15.2 Å². The molecule has 6 heteroatoms. The van der Waals surface area contributed by atoms with Gasteiger partial charge < -0.3 is 20.1 Å². The number of nitrogens with zero attached hydrogens (tertiary/aromatic N) is 1. The molecule has 2 rings (SSSR count). The maximum atomic E-state index is 12.3. The molecule has 1 aromatic rings. The van der Waals surface area contributed by atoms with Crippen LogP contribution in [0, 0.1) is 5.92 Å².